The van der Waals surface area contributed by atoms with Crippen LogP contribution in [0.3, 0.4) is 0 Å². The lowest BCUT2D eigenvalue weighted by Crippen LogP contribution is -2.54. The van der Waals surface area contributed by atoms with Gasteiger partial charge in [0.2, 0.25) is 11.8 Å². The number of carboxylic acid groups (broad SMARTS) is 1. The van der Waals surface area contributed by atoms with E-state index in [9.17, 15) is 19.5 Å². The van der Waals surface area contributed by atoms with Crippen molar-refractivity contribution in [3.63, 3.8) is 0 Å². The average molecular weight is 338 g/mol. The summed E-state index contributed by atoms with van der Waals surface area (Å²) in [5.74, 6) is -0.912. The summed E-state index contributed by atoms with van der Waals surface area (Å²) in [7, 11) is 0. The van der Waals surface area contributed by atoms with Crippen LogP contribution in [0, 0.1) is 10.8 Å². The van der Waals surface area contributed by atoms with Crippen molar-refractivity contribution in [1.82, 2.24) is 9.80 Å². The van der Waals surface area contributed by atoms with Crippen LogP contribution in [0.15, 0.2) is 0 Å². The molecule has 2 aliphatic rings. The van der Waals surface area contributed by atoms with Gasteiger partial charge in [-0.15, -0.1) is 0 Å². The number of piperidine rings is 1. The van der Waals surface area contributed by atoms with Gasteiger partial charge >= 0.3 is 5.97 Å². The first-order valence-corrected chi connectivity index (χ1v) is 8.85. The van der Waals surface area contributed by atoms with Crippen LogP contribution < -0.4 is 0 Å². The summed E-state index contributed by atoms with van der Waals surface area (Å²) in [6, 6.07) is -0.420. The van der Waals surface area contributed by atoms with E-state index in [1.807, 2.05) is 20.8 Å². The number of carbonyl (C=O) groups is 3. The largest absolute Gasteiger partial charge is 0.481 e. The maximum atomic E-state index is 12.9. The van der Waals surface area contributed by atoms with Gasteiger partial charge in [-0.25, -0.2) is 0 Å². The van der Waals surface area contributed by atoms with Gasteiger partial charge in [0, 0.05) is 26.1 Å². The molecule has 2 amide bonds. The smallest absolute Gasteiger partial charge is 0.311 e. The van der Waals surface area contributed by atoms with Gasteiger partial charge in [-0.3, -0.25) is 14.4 Å². The van der Waals surface area contributed by atoms with Gasteiger partial charge in [-0.1, -0.05) is 20.8 Å². The molecule has 136 valence electrons. The van der Waals surface area contributed by atoms with Gasteiger partial charge in [-0.2, -0.15) is 0 Å². The van der Waals surface area contributed by atoms with Gasteiger partial charge in [0.15, 0.2) is 0 Å². The van der Waals surface area contributed by atoms with Gasteiger partial charge < -0.3 is 14.9 Å². The Bertz CT molecular complexity index is 526. The molecule has 0 radical (unpaired) electrons. The van der Waals surface area contributed by atoms with Gasteiger partial charge in [0.05, 0.1) is 5.41 Å². The highest BCUT2D eigenvalue weighted by molar-refractivity contribution is 5.89. The molecule has 24 heavy (non-hydrogen) atoms. The number of rotatable bonds is 3. The normalized spacial score (nSPS) is 28.1. The number of carboxylic acids is 1. The minimum atomic E-state index is -0.882. The third kappa shape index (κ3) is 4.08. The van der Waals surface area contributed by atoms with E-state index in [1.165, 1.54) is 0 Å². The second kappa shape index (κ2) is 6.73. The lowest BCUT2D eigenvalue weighted by atomic mass is 9.82. The van der Waals surface area contributed by atoms with Crippen molar-refractivity contribution >= 4 is 17.8 Å². The molecule has 0 aliphatic carbocycles. The molecule has 0 spiro atoms. The fourth-order valence-corrected chi connectivity index (χ4v) is 3.69. The fraction of sp³-hybridized carbons (Fsp3) is 0.833. The minimum Gasteiger partial charge on any atom is -0.481 e. The SMILES string of the molecule is CC(C)(C)CC(=O)N1CCCC1C(=O)N1CCCC(C)(C(=O)O)C1. The molecular formula is C18H30N2O4. The van der Waals surface area contributed by atoms with Crippen LogP contribution in [-0.2, 0) is 14.4 Å². The molecule has 2 saturated heterocycles. The molecule has 6 heteroatoms. The molecule has 1 N–H and O–H groups in total. The first kappa shape index (κ1) is 18.7. The monoisotopic (exact) mass is 338 g/mol. The predicted molar refractivity (Wildman–Crippen MR) is 90.4 cm³/mol. The Morgan fingerprint density at radius 2 is 1.83 bits per heavy atom. The second-order valence-corrected chi connectivity index (χ2v) is 8.71. The van der Waals surface area contributed by atoms with Crippen molar-refractivity contribution in [1.29, 1.82) is 0 Å². The van der Waals surface area contributed by atoms with E-state index in [0.717, 1.165) is 6.42 Å². The third-order valence-corrected chi connectivity index (χ3v) is 5.06. The molecule has 0 aromatic carbocycles. The summed E-state index contributed by atoms with van der Waals surface area (Å²) in [6.07, 6.45) is 3.20. The van der Waals surface area contributed by atoms with Crippen LogP contribution in [0.5, 0.6) is 0 Å². The average Bonchev–Trinajstić information content (AvgIpc) is 2.94. The number of amides is 2. The van der Waals surface area contributed by atoms with E-state index >= 15 is 0 Å². The highest BCUT2D eigenvalue weighted by atomic mass is 16.4. The summed E-state index contributed by atoms with van der Waals surface area (Å²) < 4.78 is 0. The van der Waals surface area contributed by atoms with Gasteiger partial charge in [-0.05, 0) is 38.0 Å². The minimum absolute atomic E-state index is 0.0244. The Morgan fingerprint density at radius 1 is 1.17 bits per heavy atom. The molecule has 2 unspecified atom stereocenters. The quantitative estimate of drug-likeness (QED) is 0.855. The van der Waals surface area contributed by atoms with Gasteiger partial charge in [0.1, 0.15) is 6.04 Å². The van der Waals surface area contributed by atoms with Gasteiger partial charge in [0.25, 0.3) is 0 Å². The molecule has 6 nitrogen and oxygen atoms in total. The van der Waals surface area contributed by atoms with Crippen molar-refractivity contribution in [2.24, 2.45) is 10.8 Å². The number of carbonyl (C=O) groups excluding carboxylic acids is 2. The lowest BCUT2D eigenvalue weighted by molar-refractivity contribution is -0.156. The third-order valence-electron chi connectivity index (χ3n) is 5.06. The van der Waals surface area contributed by atoms with E-state index in [4.69, 9.17) is 0 Å². The molecule has 2 aliphatic heterocycles. The standard InChI is InChI=1S/C18H30N2O4/c1-17(2,3)11-14(21)20-10-5-7-13(20)15(22)19-9-6-8-18(4,12-19)16(23)24/h13H,5-12H2,1-4H3,(H,23,24). The van der Waals surface area contributed by atoms with Crippen molar-refractivity contribution in [2.45, 2.75) is 65.8 Å². The highest BCUT2D eigenvalue weighted by Crippen LogP contribution is 2.32. The number of aliphatic carboxylic acids is 1. The maximum Gasteiger partial charge on any atom is 0.311 e. The summed E-state index contributed by atoms with van der Waals surface area (Å²) >= 11 is 0. The van der Waals surface area contributed by atoms with E-state index < -0.39 is 17.4 Å². The van der Waals surface area contributed by atoms with Crippen LogP contribution >= 0.6 is 0 Å². The van der Waals surface area contributed by atoms with Crippen molar-refractivity contribution in [2.75, 3.05) is 19.6 Å². The Labute approximate surface area is 144 Å². The lowest BCUT2D eigenvalue weighted by Gasteiger charge is -2.40. The first-order valence-electron chi connectivity index (χ1n) is 8.85. The Hall–Kier alpha value is -1.59. The Balaban J connectivity index is 2.08. The van der Waals surface area contributed by atoms with E-state index in [0.29, 0.717) is 38.8 Å². The van der Waals surface area contributed by atoms with E-state index in [-0.39, 0.29) is 23.8 Å². The van der Waals surface area contributed by atoms with E-state index in [1.54, 1.807) is 16.7 Å². The Morgan fingerprint density at radius 3 is 2.42 bits per heavy atom. The molecule has 2 rings (SSSR count). The molecule has 2 heterocycles. The number of hydrogen-bond donors (Lipinski definition) is 1. The molecule has 2 atom stereocenters. The van der Waals surface area contributed by atoms with Crippen LogP contribution in [0.4, 0.5) is 0 Å². The van der Waals surface area contributed by atoms with Crippen LogP contribution in [0.1, 0.15) is 59.8 Å². The molecule has 0 aromatic heterocycles. The summed E-state index contributed by atoms with van der Waals surface area (Å²) in [5, 5.41) is 9.43. The second-order valence-electron chi connectivity index (χ2n) is 8.71. The van der Waals surface area contributed by atoms with E-state index in [2.05, 4.69) is 0 Å². The first-order chi connectivity index (χ1) is 11.0. The summed E-state index contributed by atoms with van der Waals surface area (Å²) in [4.78, 5) is 40.3. The zero-order valence-corrected chi connectivity index (χ0v) is 15.3. The molecule has 0 aromatic rings. The number of likely N-dealkylation sites (tertiary alicyclic amines) is 2. The predicted octanol–water partition coefficient (Wildman–Crippen LogP) is 2.13. The number of hydrogen-bond acceptors (Lipinski definition) is 3. The van der Waals surface area contributed by atoms with Crippen molar-refractivity contribution in [3.05, 3.63) is 0 Å². The van der Waals surface area contributed by atoms with Crippen molar-refractivity contribution < 1.29 is 19.5 Å². The maximum absolute atomic E-state index is 12.9. The molecule has 0 saturated carbocycles. The topological polar surface area (TPSA) is 77.9 Å². The Kier molecular flexibility index (Phi) is 5.25. The fourth-order valence-electron chi connectivity index (χ4n) is 3.69. The van der Waals surface area contributed by atoms with Crippen molar-refractivity contribution in [3.8, 4) is 0 Å². The molecule has 0 bridgehead atoms. The molecular weight excluding hydrogens is 308 g/mol. The summed E-state index contributed by atoms with van der Waals surface area (Å²) in [6.45, 7) is 9.18. The van der Waals surface area contributed by atoms with Crippen LogP contribution in [-0.4, -0.2) is 58.4 Å². The van der Waals surface area contributed by atoms with Crippen LogP contribution in [0.2, 0.25) is 0 Å². The number of nitrogens with zero attached hydrogens (tertiary/aromatic N) is 2. The highest BCUT2D eigenvalue weighted by Gasteiger charge is 2.43. The summed E-state index contributed by atoms with van der Waals surface area (Å²) in [5.41, 5.74) is -0.993. The zero-order chi connectivity index (χ0) is 18.1. The van der Waals surface area contributed by atoms with Crippen LogP contribution in [0.25, 0.3) is 0 Å². The molecule has 2 fully saturated rings. The zero-order valence-electron chi connectivity index (χ0n) is 15.3.